The summed E-state index contributed by atoms with van der Waals surface area (Å²) >= 11 is 11.6. The van der Waals surface area contributed by atoms with Crippen molar-refractivity contribution in [1.82, 2.24) is 15.1 Å². The van der Waals surface area contributed by atoms with E-state index in [4.69, 9.17) is 28.6 Å². The normalized spacial score (nSPS) is 19.9. The van der Waals surface area contributed by atoms with Gasteiger partial charge in [0.1, 0.15) is 5.92 Å². The molecule has 0 bridgehead atoms. The van der Waals surface area contributed by atoms with Crippen LogP contribution in [0.1, 0.15) is 31.2 Å². The fourth-order valence-electron chi connectivity index (χ4n) is 4.42. The molecule has 0 spiro atoms. The average molecular weight is 515 g/mol. The number of amides is 2. The smallest absolute Gasteiger partial charge is 0.241 e. The fraction of sp³-hybridized carbons (Fsp3) is 0.462. The molecule has 1 atom stereocenters. The van der Waals surface area contributed by atoms with E-state index in [1.165, 1.54) is 0 Å². The van der Waals surface area contributed by atoms with Crippen LogP contribution in [0.25, 0.3) is 0 Å². The molecule has 4 rings (SSSR count). The van der Waals surface area contributed by atoms with Crippen molar-refractivity contribution in [2.45, 2.75) is 32.1 Å². The molecule has 1 unspecified atom stereocenters. The fourth-order valence-corrected chi connectivity index (χ4v) is 4.94. The number of morpholine rings is 1. The van der Waals surface area contributed by atoms with E-state index in [2.05, 4.69) is 15.2 Å². The van der Waals surface area contributed by atoms with E-state index in [0.717, 1.165) is 48.6 Å². The number of hydrogen-bond donors (Lipinski definition) is 1. The molecule has 9 heteroatoms. The van der Waals surface area contributed by atoms with Gasteiger partial charge in [-0.3, -0.25) is 14.5 Å². The Morgan fingerprint density at radius 1 is 1.17 bits per heavy atom. The van der Waals surface area contributed by atoms with Crippen molar-refractivity contribution < 1.29 is 14.3 Å². The number of rotatable bonds is 10. The highest BCUT2D eigenvalue weighted by molar-refractivity contribution is 7.80. The van der Waals surface area contributed by atoms with Crippen molar-refractivity contribution in [2.75, 3.05) is 39.4 Å². The van der Waals surface area contributed by atoms with Crippen LogP contribution in [0.5, 0.6) is 0 Å². The number of unbranched alkanes of at least 4 members (excludes halogenated alkanes) is 2. The number of nitrogens with zero attached hydrogens (tertiary/aromatic N) is 3. The first kappa shape index (κ1) is 25.5. The second kappa shape index (κ2) is 12.4. The number of hydrogen-bond acceptors (Lipinski definition) is 5. The average Bonchev–Trinajstić information content (AvgIpc) is 2.87. The maximum atomic E-state index is 13.2. The van der Waals surface area contributed by atoms with Crippen LogP contribution in [-0.2, 0) is 20.7 Å². The van der Waals surface area contributed by atoms with Crippen LogP contribution in [-0.4, -0.2) is 71.8 Å². The lowest BCUT2D eigenvalue weighted by Crippen LogP contribution is -2.47. The van der Waals surface area contributed by atoms with Crippen molar-refractivity contribution in [1.29, 1.82) is 0 Å². The number of carbonyl (C=O) groups excluding carboxylic acids is 2. The van der Waals surface area contributed by atoms with E-state index in [1.807, 2.05) is 42.5 Å². The first-order valence-electron chi connectivity index (χ1n) is 12.2. The summed E-state index contributed by atoms with van der Waals surface area (Å²) in [6.45, 7) is 4.11. The van der Waals surface area contributed by atoms with E-state index in [-0.39, 0.29) is 11.8 Å². The third-order valence-corrected chi connectivity index (χ3v) is 7.09. The maximum Gasteiger partial charge on any atom is 0.241 e. The lowest BCUT2D eigenvalue weighted by molar-refractivity contribution is -0.128. The van der Waals surface area contributed by atoms with Crippen LogP contribution in [0.15, 0.2) is 53.2 Å². The Kier molecular flexibility index (Phi) is 9.06. The molecule has 0 saturated carbocycles. The van der Waals surface area contributed by atoms with Gasteiger partial charge in [-0.1, -0.05) is 36.2 Å². The summed E-state index contributed by atoms with van der Waals surface area (Å²) in [6.07, 6.45) is 9.44. The molecule has 1 aromatic carbocycles. The van der Waals surface area contributed by atoms with Gasteiger partial charge in [0.05, 0.1) is 18.9 Å². The van der Waals surface area contributed by atoms with Gasteiger partial charge >= 0.3 is 0 Å². The topological polar surface area (TPSA) is 74.2 Å². The highest BCUT2D eigenvalue weighted by atomic mass is 35.5. The van der Waals surface area contributed by atoms with Gasteiger partial charge in [-0.05, 0) is 61.3 Å². The Morgan fingerprint density at radius 2 is 1.97 bits per heavy atom. The molecule has 1 fully saturated rings. The monoisotopic (exact) mass is 514 g/mol. The summed E-state index contributed by atoms with van der Waals surface area (Å²) in [5.41, 5.74) is 2.78. The zero-order chi connectivity index (χ0) is 24.6. The number of ether oxygens (including phenoxy) is 1. The van der Waals surface area contributed by atoms with Crippen LogP contribution in [0.4, 0.5) is 0 Å². The second-order valence-corrected chi connectivity index (χ2v) is 9.59. The molecule has 1 saturated heterocycles. The molecule has 1 N–H and O–H groups in total. The minimum atomic E-state index is -0.395. The quantitative estimate of drug-likeness (QED) is 0.382. The molecule has 35 heavy (non-hydrogen) atoms. The zero-order valence-electron chi connectivity index (χ0n) is 19.7. The van der Waals surface area contributed by atoms with Gasteiger partial charge in [-0.2, -0.15) is 0 Å². The van der Waals surface area contributed by atoms with Crippen molar-refractivity contribution in [3.63, 3.8) is 0 Å². The standard InChI is InChI=1S/C26H31ClN4O3S/c27-22-7-4-3-6-19(22)11-12-28-24(32)8-2-1-5-13-31-25(33)21-18-20(30-14-16-34-17-15-30)9-10-23(21)29-26(31)35/h3-4,6-7,9-10,18,21H,1-2,5,8,11-17H2,(H,28,32). The third kappa shape index (κ3) is 6.78. The predicted octanol–water partition coefficient (Wildman–Crippen LogP) is 3.53. The van der Waals surface area contributed by atoms with E-state index in [1.54, 1.807) is 4.90 Å². The van der Waals surface area contributed by atoms with Crippen LogP contribution in [0.3, 0.4) is 0 Å². The molecule has 1 aliphatic carbocycles. The van der Waals surface area contributed by atoms with E-state index in [9.17, 15) is 9.59 Å². The van der Waals surface area contributed by atoms with Crippen molar-refractivity contribution in [2.24, 2.45) is 10.9 Å². The van der Waals surface area contributed by atoms with Gasteiger partial charge in [-0.15, -0.1) is 0 Å². The molecule has 2 amide bonds. The highest BCUT2D eigenvalue weighted by Crippen LogP contribution is 2.25. The molecule has 0 aromatic heterocycles. The lowest BCUT2D eigenvalue weighted by Gasteiger charge is -2.35. The Balaban J connectivity index is 1.18. The molecule has 2 aliphatic heterocycles. The van der Waals surface area contributed by atoms with Gasteiger partial charge in [0.25, 0.3) is 0 Å². The Hall–Kier alpha value is -2.55. The largest absolute Gasteiger partial charge is 0.378 e. The highest BCUT2D eigenvalue weighted by Gasteiger charge is 2.35. The SMILES string of the molecule is O=C(CCCCCN1C(=O)C2C=C(N3CCOCC3)C=CC2=NC1=S)NCCc1ccccc1Cl. The third-order valence-electron chi connectivity index (χ3n) is 6.40. The minimum Gasteiger partial charge on any atom is -0.378 e. The van der Waals surface area contributed by atoms with Crippen LogP contribution >= 0.6 is 23.8 Å². The summed E-state index contributed by atoms with van der Waals surface area (Å²) in [7, 11) is 0. The molecule has 186 valence electrons. The van der Waals surface area contributed by atoms with Crippen molar-refractivity contribution in [3.8, 4) is 0 Å². The zero-order valence-corrected chi connectivity index (χ0v) is 21.3. The second-order valence-electron chi connectivity index (χ2n) is 8.81. The number of benzene rings is 1. The molecule has 0 radical (unpaired) electrons. The Bertz CT molecular complexity index is 1050. The summed E-state index contributed by atoms with van der Waals surface area (Å²) in [4.78, 5) is 33.7. The Morgan fingerprint density at radius 3 is 2.77 bits per heavy atom. The van der Waals surface area contributed by atoms with Crippen molar-refractivity contribution in [3.05, 3.63) is 58.8 Å². The minimum absolute atomic E-state index is 0.0209. The molecular weight excluding hydrogens is 484 g/mol. The maximum absolute atomic E-state index is 13.2. The van der Waals surface area contributed by atoms with E-state index < -0.39 is 5.92 Å². The van der Waals surface area contributed by atoms with Gasteiger partial charge in [0, 0.05) is 43.3 Å². The van der Waals surface area contributed by atoms with Gasteiger partial charge in [0.2, 0.25) is 16.9 Å². The van der Waals surface area contributed by atoms with Gasteiger partial charge < -0.3 is 15.0 Å². The number of allylic oxidation sites excluding steroid dienone is 2. The summed E-state index contributed by atoms with van der Waals surface area (Å²) in [5.74, 6) is -0.383. The number of thiocarbonyl (C=S) groups is 1. The molecular formula is C26H31ClN4O3S. The lowest BCUT2D eigenvalue weighted by atomic mass is 9.93. The first-order chi connectivity index (χ1) is 17.0. The summed E-state index contributed by atoms with van der Waals surface area (Å²) < 4.78 is 5.43. The van der Waals surface area contributed by atoms with Gasteiger partial charge in [0.15, 0.2) is 0 Å². The van der Waals surface area contributed by atoms with Crippen LogP contribution in [0.2, 0.25) is 5.02 Å². The van der Waals surface area contributed by atoms with Gasteiger partial charge in [-0.25, -0.2) is 4.99 Å². The van der Waals surface area contributed by atoms with Crippen molar-refractivity contribution >= 4 is 46.5 Å². The number of halogens is 1. The number of fused-ring (bicyclic) bond motifs is 1. The van der Waals surface area contributed by atoms with Crippen LogP contribution < -0.4 is 5.32 Å². The Labute approximate surface area is 216 Å². The number of carbonyl (C=O) groups is 2. The molecule has 1 aromatic rings. The van der Waals surface area contributed by atoms with Crippen LogP contribution in [0, 0.1) is 5.92 Å². The number of nitrogens with one attached hydrogen (secondary N) is 1. The molecule has 2 heterocycles. The summed E-state index contributed by atoms with van der Waals surface area (Å²) in [6, 6.07) is 7.66. The first-order valence-corrected chi connectivity index (χ1v) is 13.0. The molecule has 7 nitrogen and oxygen atoms in total. The summed E-state index contributed by atoms with van der Waals surface area (Å²) in [5, 5.41) is 4.00. The molecule has 3 aliphatic rings. The van der Waals surface area contributed by atoms with E-state index in [0.29, 0.717) is 50.0 Å². The predicted molar refractivity (Wildman–Crippen MR) is 141 cm³/mol. The van der Waals surface area contributed by atoms with E-state index >= 15 is 0 Å². The number of aliphatic imine (C=N–C) groups is 1.